The molecule has 4 rings (SSSR count). The molecule has 0 fully saturated rings. The van der Waals surface area contributed by atoms with Crippen LogP contribution in [-0.4, -0.2) is 10.7 Å². The normalized spacial score (nSPS) is 13.8. The Morgan fingerprint density at radius 3 is 2.53 bits per heavy atom. The average Bonchev–Trinajstić information content (AvgIpc) is 3.02. The number of fused-ring (bicyclic) bond motifs is 1. The highest BCUT2D eigenvalue weighted by atomic mass is 16.6. The van der Waals surface area contributed by atoms with E-state index < -0.39 is 4.92 Å². The van der Waals surface area contributed by atoms with Crippen LogP contribution in [0.1, 0.15) is 32.6 Å². The third kappa shape index (κ3) is 3.93. The summed E-state index contributed by atoms with van der Waals surface area (Å²) in [6.45, 7) is 4.08. The van der Waals surface area contributed by atoms with Crippen molar-refractivity contribution in [1.82, 2.24) is 0 Å². The van der Waals surface area contributed by atoms with Crippen LogP contribution in [0.25, 0.3) is 6.08 Å². The number of carbonyl (C=O) groups is 1. The van der Waals surface area contributed by atoms with Crippen molar-refractivity contribution in [2.24, 2.45) is 0 Å². The zero-order valence-corrected chi connectivity index (χ0v) is 16.5. The van der Waals surface area contributed by atoms with Crippen molar-refractivity contribution in [1.29, 1.82) is 0 Å². The molecule has 0 atom stereocenters. The van der Waals surface area contributed by atoms with E-state index in [0.29, 0.717) is 17.1 Å². The zero-order chi connectivity index (χ0) is 21.3. The second-order valence-corrected chi connectivity index (χ2v) is 7.18. The Hall–Kier alpha value is -3.93. The third-order valence-electron chi connectivity index (χ3n) is 4.84. The van der Waals surface area contributed by atoms with Gasteiger partial charge in [-0.3, -0.25) is 14.9 Å². The monoisotopic (exact) mass is 401 g/mol. The summed E-state index contributed by atoms with van der Waals surface area (Å²) in [7, 11) is 0. The number of nitrogens with zero attached hydrogens (tertiary/aromatic N) is 1. The average molecular weight is 401 g/mol. The lowest BCUT2D eigenvalue weighted by Gasteiger charge is -2.09. The molecule has 0 N–H and O–H groups in total. The Balaban J connectivity index is 1.53. The summed E-state index contributed by atoms with van der Waals surface area (Å²) >= 11 is 0. The van der Waals surface area contributed by atoms with Gasteiger partial charge in [-0.05, 0) is 54.8 Å². The molecule has 30 heavy (non-hydrogen) atoms. The van der Waals surface area contributed by atoms with Gasteiger partial charge in [-0.15, -0.1) is 0 Å². The molecule has 6 heteroatoms. The van der Waals surface area contributed by atoms with Crippen LogP contribution in [0.4, 0.5) is 5.69 Å². The fourth-order valence-electron chi connectivity index (χ4n) is 3.35. The quantitative estimate of drug-likeness (QED) is 0.325. The maximum Gasteiger partial charge on any atom is 0.269 e. The number of aryl methyl sites for hydroxylation is 2. The molecule has 150 valence electrons. The predicted molar refractivity (Wildman–Crippen MR) is 113 cm³/mol. The molecule has 0 saturated heterocycles. The van der Waals surface area contributed by atoms with Crippen molar-refractivity contribution in [2.45, 2.75) is 20.5 Å². The lowest BCUT2D eigenvalue weighted by atomic mass is 10.0. The van der Waals surface area contributed by atoms with Gasteiger partial charge in [-0.1, -0.05) is 29.8 Å². The van der Waals surface area contributed by atoms with E-state index in [-0.39, 0.29) is 23.8 Å². The number of allylic oxidation sites excluding steroid dienone is 1. The third-order valence-corrected chi connectivity index (χ3v) is 4.84. The van der Waals surface area contributed by atoms with E-state index in [1.165, 1.54) is 12.1 Å². The first-order valence-corrected chi connectivity index (χ1v) is 9.42. The van der Waals surface area contributed by atoms with Gasteiger partial charge in [0.2, 0.25) is 5.78 Å². The molecule has 3 aromatic carbocycles. The Bertz CT molecular complexity index is 1180. The molecule has 6 nitrogen and oxygen atoms in total. The molecule has 0 amide bonds. The molecule has 0 radical (unpaired) electrons. The van der Waals surface area contributed by atoms with Crippen LogP contribution in [0.5, 0.6) is 11.5 Å². The van der Waals surface area contributed by atoms with Crippen LogP contribution in [-0.2, 0) is 6.61 Å². The number of hydrogen-bond donors (Lipinski definition) is 0. The van der Waals surface area contributed by atoms with Crippen molar-refractivity contribution in [3.63, 3.8) is 0 Å². The van der Waals surface area contributed by atoms with Crippen LogP contribution in [0.3, 0.4) is 0 Å². The topological polar surface area (TPSA) is 78.7 Å². The molecule has 0 aliphatic carbocycles. The van der Waals surface area contributed by atoms with E-state index in [1.807, 2.05) is 38.1 Å². The summed E-state index contributed by atoms with van der Waals surface area (Å²) < 4.78 is 11.7. The predicted octanol–water partition coefficient (Wildman–Crippen LogP) is 5.41. The van der Waals surface area contributed by atoms with Crippen LogP contribution in [0.15, 0.2) is 66.4 Å². The number of ketones is 1. The molecule has 0 unspecified atom stereocenters. The largest absolute Gasteiger partial charge is 0.489 e. The summed E-state index contributed by atoms with van der Waals surface area (Å²) in [6.07, 6.45) is 1.74. The maximum absolute atomic E-state index is 12.8. The number of non-ortho nitro benzene ring substituents is 1. The molecule has 0 aromatic heterocycles. The number of nitro groups is 1. The Morgan fingerprint density at radius 2 is 1.83 bits per heavy atom. The molecule has 0 bridgehead atoms. The lowest BCUT2D eigenvalue weighted by molar-refractivity contribution is -0.384. The first kappa shape index (κ1) is 19.4. The van der Waals surface area contributed by atoms with Crippen molar-refractivity contribution < 1.29 is 19.2 Å². The van der Waals surface area contributed by atoms with Gasteiger partial charge in [-0.2, -0.15) is 0 Å². The SMILES string of the molecule is Cc1cccc(/C=C2\Oc3cc(OCc4ccc([N+](=O)[O-])cc4)cc(C)c3C2=O)c1. The lowest BCUT2D eigenvalue weighted by Crippen LogP contribution is -2.00. The van der Waals surface area contributed by atoms with Gasteiger partial charge in [0.1, 0.15) is 18.1 Å². The second kappa shape index (κ2) is 7.83. The molecule has 1 aliphatic rings. The molecule has 0 spiro atoms. The molecule has 3 aromatic rings. The van der Waals surface area contributed by atoms with Crippen LogP contribution in [0, 0.1) is 24.0 Å². The minimum atomic E-state index is -0.440. The van der Waals surface area contributed by atoms with Gasteiger partial charge >= 0.3 is 0 Å². The van der Waals surface area contributed by atoms with E-state index in [1.54, 1.807) is 30.3 Å². The number of hydrogen-bond acceptors (Lipinski definition) is 5. The first-order valence-electron chi connectivity index (χ1n) is 9.42. The summed E-state index contributed by atoms with van der Waals surface area (Å²) in [6, 6.07) is 17.5. The highest BCUT2D eigenvalue weighted by Gasteiger charge is 2.30. The van der Waals surface area contributed by atoms with E-state index >= 15 is 0 Å². The number of carbonyl (C=O) groups excluding carboxylic acids is 1. The summed E-state index contributed by atoms with van der Waals surface area (Å²) in [4.78, 5) is 23.1. The number of ether oxygens (including phenoxy) is 2. The first-order chi connectivity index (χ1) is 14.4. The Morgan fingerprint density at radius 1 is 1.07 bits per heavy atom. The molecular formula is C24H19NO5. The van der Waals surface area contributed by atoms with Crippen molar-refractivity contribution in [3.05, 3.63) is 104 Å². The smallest absolute Gasteiger partial charge is 0.269 e. The molecule has 0 saturated carbocycles. The fourth-order valence-corrected chi connectivity index (χ4v) is 3.35. The van der Waals surface area contributed by atoms with Gasteiger partial charge in [0.15, 0.2) is 5.76 Å². The van der Waals surface area contributed by atoms with Gasteiger partial charge in [0.25, 0.3) is 5.69 Å². The summed E-state index contributed by atoms with van der Waals surface area (Å²) in [5, 5.41) is 10.8. The number of rotatable bonds is 5. The van der Waals surface area contributed by atoms with Gasteiger partial charge in [0, 0.05) is 18.2 Å². The summed E-state index contributed by atoms with van der Waals surface area (Å²) in [5.74, 6) is 1.17. The standard InChI is InChI=1S/C24H19NO5/c1-15-4-3-5-18(10-15)12-22-24(26)23-16(2)11-20(13-21(23)30-22)29-14-17-6-8-19(9-7-17)25(27)28/h3-13H,14H2,1-2H3/b22-12-. The van der Waals surface area contributed by atoms with Crippen molar-refractivity contribution in [2.75, 3.05) is 0 Å². The highest BCUT2D eigenvalue weighted by molar-refractivity contribution is 6.15. The second-order valence-electron chi connectivity index (χ2n) is 7.18. The highest BCUT2D eigenvalue weighted by Crippen LogP contribution is 2.37. The van der Waals surface area contributed by atoms with E-state index in [0.717, 1.165) is 22.3 Å². The summed E-state index contributed by atoms with van der Waals surface area (Å²) in [5.41, 5.74) is 4.15. The van der Waals surface area contributed by atoms with E-state index in [2.05, 4.69) is 0 Å². The number of Topliss-reactive ketones (excluding diaryl/α,β-unsaturated/α-hetero) is 1. The molecular weight excluding hydrogens is 382 g/mol. The van der Waals surface area contributed by atoms with Crippen molar-refractivity contribution >= 4 is 17.5 Å². The number of nitro benzene ring substituents is 1. The van der Waals surface area contributed by atoms with Crippen LogP contribution in [0.2, 0.25) is 0 Å². The van der Waals surface area contributed by atoms with Crippen LogP contribution >= 0.6 is 0 Å². The van der Waals surface area contributed by atoms with Gasteiger partial charge in [0.05, 0.1) is 10.5 Å². The number of benzene rings is 3. The molecule has 1 heterocycles. The Labute approximate surface area is 173 Å². The Kier molecular flexibility index (Phi) is 5.06. The zero-order valence-electron chi connectivity index (χ0n) is 16.5. The van der Waals surface area contributed by atoms with Gasteiger partial charge < -0.3 is 9.47 Å². The van der Waals surface area contributed by atoms with Gasteiger partial charge in [-0.25, -0.2) is 0 Å². The maximum atomic E-state index is 12.8. The minimum absolute atomic E-state index is 0.0342. The molecule has 1 aliphatic heterocycles. The van der Waals surface area contributed by atoms with E-state index in [4.69, 9.17) is 9.47 Å². The van der Waals surface area contributed by atoms with E-state index in [9.17, 15) is 14.9 Å². The fraction of sp³-hybridized carbons (Fsp3) is 0.125. The van der Waals surface area contributed by atoms with Crippen LogP contribution < -0.4 is 9.47 Å². The van der Waals surface area contributed by atoms with Crippen molar-refractivity contribution in [3.8, 4) is 11.5 Å². The minimum Gasteiger partial charge on any atom is -0.489 e.